The van der Waals surface area contributed by atoms with Crippen LogP contribution in [-0.4, -0.2) is 42.7 Å². The number of primary amides is 1. The Bertz CT molecular complexity index is 242. The number of amides is 2. The Morgan fingerprint density at radius 1 is 0.900 bits per heavy atom. The number of rotatable bonds is 13. The third kappa shape index (κ3) is 9.30. The van der Waals surface area contributed by atoms with E-state index in [0.29, 0.717) is 6.54 Å². The van der Waals surface area contributed by atoms with Crippen molar-refractivity contribution in [3.8, 4) is 0 Å². The van der Waals surface area contributed by atoms with Crippen LogP contribution in [0.1, 0.15) is 44.9 Å². The molecule has 0 aliphatic heterocycles. The van der Waals surface area contributed by atoms with Gasteiger partial charge in [0, 0.05) is 33.9 Å². The quantitative estimate of drug-likeness (QED) is 0.404. The molecule has 0 spiro atoms. The van der Waals surface area contributed by atoms with Crippen LogP contribution in [0.2, 0.25) is 6.04 Å². The molecular formula is C13H30N2O4Si. The number of hydrogen-bond donors (Lipinski definition) is 2. The first-order valence-corrected chi connectivity index (χ1v) is 9.22. The average molecular weight is 306 g/mol. The molecule has 0 unspecified atom stereocenters. The Labute approximate surface area is 123 Å². The normalized spacial score (nSPS) is 11.6. The Hall–Kier alpha value is -0.633. The summed E-state index contributed by atoms with van der Waals surface area (Å²) in [5, 5.41) is 2.59. The van der Waals surface area contributed by atoms with Crippen LogP contribution in [0.4, 0.5) is 4.79 Å². The van der Waals surface area contributed by atoms with Gasteiger partial charge < -0.3 is 24.3 Å². The predicted octanol–water partition coefficient (Wildman–Crippen LogP) is 2.26. The van der Waals surface area contributed by atoms with Crippen LogP contribution in [0.5, 0.6) is 0 Å². The average Bonchev–Trinajstić information content (AvgIpc) is 2.45. The zero-order valence-electron chi connectivity index (χ0n) is 13.1. The highest BCUT2D eigenvalue weighted by molar-refractivity contribution is 6.60. The summed E-state index contributed by atoms with van der Waals surface area (Å²) in [7, 11) is 2.59. The summed E-state index contributed by atoms with van der Waals surface area (Å²) in [6, 6.07) is 0.436. The second-order valence-corrected chi connectivity index (χ2v) is 7.90. The molecule has 0 aromatic heterocycles. The van der Waals surface area contributed by atoms with Crippen molar-refractivity contribution in [2.75, 3.05) is 27.9 Å². The molecule has 0 fully saturated rings. The number of unbranched alkanes of at least 4 members (excludes halogenated alkanes) is 6. The largest absolute Gasteiger partial charge is 0.500 e. The molecule has 0 aromatic rings. The first kappa shape index (κ1) is 19.4. The van der Waals surface area contributed by atoms with Crippen molar-refractivity contribution in [1.82, 2.24) is 5.32 Å². The highest BCUT2D eigenvalue weighted by atomic mass is 28.4. The van der Waals surface area contributed by atoms with E-state index >= 15 is 0 Å². The van der Waals surface area contributed by atoms with Gasteiger partial charge in [0.25, 0.3) is 0 Å². The summed E-state index contributed by atoms with van der Waals surface area (Å²) in [4.78, 5) is 10.4. The van der Waals surface area contributed by atoms with Crippen molar-refractivity contribution < 1.29 is 18.1 Å². The van der Waals surface area contributed by atoms with Gasteiger partial charge in [0.05, 0.1) is 0 Å². The topological polar surface area (TPSA) is 82.8 Å². The fourth-order valence-corrected chi connectivity index (χ4v) is 3.91. The van der Waals surface area contributed by atoms with E-state index < -0.39 is 14.8 Å². The maximum absolute atomic E-state index is 10.4. The molecule has 6 nitrogen and oxygen atoms in total. The van der Waals surface area contributed by atoms with Crippen molar-refractivity contribution in [1.29, 1.82) is 0 Å². The molecule has 0 atom stereocenters. The number of nitrogens with one attached hydrogen (secondary N) is 1. The van der Waals surface area contributed by atoms with Crippen LogP contribution in [0.15, 0.2) is 0 Å². The molecule has 0 bridgehead atoms. The van der Waals surface area contributed by atoms with Crippen LogP contribution in [0.3, 0.4) is 0 Å². The van der Waals surface area contributed by atoms with E-state index in [0.717, 1.165) is 25.3 Å². The van der Waals surface area contributed by atoms with E-state index in [1.165, 1.54) is 25.7 Å². The first-order chi connectivity index (χ1) is 9.60. The van der Waals surface area contributed by atoms with Crippen LogP contribution in [0, 0.1) is 0 Å². The molecule has 0 aliphatic rings. The second kappa shape index (κ2) is 12.1. The summed E-state index contributed by atoms with van der Waals surface area (Å²) in [5.41, 5.74) is 4.98. The van der Waals surface area contributed by atoms with Gasteiger partial charge in [-0.05, 0) is 12.8 Å². The first-order valence-electron chi connectivity index (χ1n) is 7.29. The number of nitrogens with two attached hydrogens (primary N) is 1. The molecule has 0 aromatic carbocycles. The van der Waals surface area contributed by atoms with Gasteiger partial charge in [-0.25, -0.2) is 4.79 Å². The minimum Gasteiger partial charge on any atom is -0.377 e. The minimum absolute atomic E-state index is 0.438. The lowest BCUT2D eigenvalue weighted by molar-refractivity contribution is 0.122. The standard InChI is InChI=1S/C13H30N2O4Si/c1-17-20(18-2,19-3)12-10-8-6-4-5-7-9-11-15-13(14)16/h4-12H2,1-3H3,(H3,14,15,16). The van der Waals surface area contributed by atoms with Crippen LogP contribution >= 0.6 is 0 Å². The van der Waals surface area contributed by atoms with Gasteiger partial charge in [-0.2, -0.15) is 0 Å². The molecular weight excluding hydrogens is 276 g/mol. The highest BCUT2D eigenvalue weighted by Gasteiger charge is 2.36. The molecule has 0 saturated carbocycles. The van der Waals surface area contributed by atoms with Crippen molar-refractivity contribution in [3.05, 3.63) is 0 Å². The van der Waals surface area contributed by atoms with E-state index in [-0.39, 0.29) is 0 Å². The summed E-state index contributed by atoms with van der Waals surface area (Å²) in [6.07, 6.45) is 8.00. The van der Waals surface area contributed by atoms with Gasteiger partial charge in [0.15, 0.2) is 0 Å². The fraction of sp³-hybridized carbons (Fsp3) is 0.923. The lowest BCUT2D eigenvalue weighted by Gasteiger charge is -2.24. The minimum atomic E-state index is -2.37. The molecule has 0 radical (unpaired) electrons. The molecule has 0 saturated heterocycles. The van der Waals surface area contributed by atoms with E-state index in [9.17, 15) is 4.79 Å². The van der Waals surface area contributed by atoms with Crippen LogP contribution in [0.25, 0.3) is 0 Å². The van der Waals surface area contributed by atoms with Crippen molar-refractivity contribution >= 4 is 14.8 Å². The van der Waals surface area contributed by atoms with Crippen molar-refractivity contribution in [2.24, 2.45) is 5.73 Å². The molecule has 3 N–H and O–H groups in total. The van der Waals surface area contributed by atoms with Crippen molar-refractivity contribution in [3.63, 3.8) is 0 Å². The SMILES string of the molecule is CO[Si](CCCCCCCCCNC(N)=O)(OC)OC. The molecule has 0 heterocycles. The number of hydrogen-bond acceptors (Lipinski definition) is 4. The lowest BCUT2D eigenvalue weighted by atomic mass is 10.1. The summed E-state index contributed by atoms with van der Waals surface area (Å²) >= 11 is 0. The molecule has 120 valence electrons. The maximum atomic E-state index is 10.4. The zero-order chi connectivity index (χ0) is 15.3. The van der Waals surface area contributed by atoms with Crippen molar-refractivity contribution in [2.45, 2.75) is 51.0 Å². The Morgan fingerprint density at radius 2 is 1.35 bits per heavy atom. The Kier molecular flexibility index (Phi) is 11.7. The van der Waals surface area contributed by atoms with Gasteiger partial charge in [0.2, 0.25) is 0 Å². The fourth-order valence-electron chi connectivity index (χ4n) is 2.12. The summed E-state index contributed by atoms with van der Waals surface area (Å²) < 4.78 is 16.1. The lowest BCUT2D eigenvalue weighted by Crippen LogP contribution is -2.42. The molecule has 0 rings (SSSR count). The zero-order valence-corrected chi connectivity index (χ0v) is 14.1. The Morgan fingerprint density at radius 3 is 1.80 bits per heavy atom. The number of urea groups is 1. The van der Waals surface area contributed by atoms with Gasteiger partial charge in [-0.1, -0.05) is 32.1 Å². The van der Waals surface area contributed by atoms with Crippen LogP contribution in [-0.2, 0) is 13.3 Å². The van der Waals surface area contributed by atoms with E-state index in [2.05, 4.69) is 5.32 Å². The molecule has 20 heavy (non-hydrogen) atoms. The molecule has 0 aliphatic carbocycles. The third-order valence-corrected chi connectivity index (χ3v) is 6.22. The second-order valence-electron chi connectivity index (χ2n) is 4.81. The predicted molar refractivity (Wildman–Crippen MR) is 81.5 cm³/mol. The number of carbonyl (C=O) groups is 1. The smallest absolute Gasteiger partial charge is 0.377 e. The van der Waals surface area contributed by atoms with E-state index in [4.69, 9.17) is 19.0 Å². The van der Waals surface area contributed by atoms with Gasteiger partial charge >= 0.3 is 14.8 Å². The maximum Gasteiger partial charge on any atom is 0.500 e. The number of carbonyl (C=O) groups excluding carboxylic acids is 1. The third-order valence-electron chi connectivity index (χ3n) is 3.39. The van der Waals surface area contributed by atoms with E-state index in [1.807, 2.05) is 0 Å². The van der Waals surface area contributed by atoms with Gasteiger partial charge in [-0.15, -0.1) is 0 Å². The monoisotopic (exact) mass is 306 g/mol. The summed E-state index contributed by atoms with van der Waals surface area (Å²) in [5.74, 6) is 0. The highest BCUT2D eigenvalue weighted by Crippen LogP contribution is 2.18. The van der Waals surface area contributed by atoms with Crippen LogP contribution < -0.4 is 11.1 Å². The Balaban J connectivity index is 3.38. The van der Waals surface area contributed by atoms with Gasteiger partial charge in [-0.3, -0.25) is 0 Å². The van der Waals surface area contributed by atoms with Gasteiger partial charge in [0.1, 0.15) is 0 Å². The van der Waals surface area contributed by atoms with E-state index in [1.54, 1.807) is 21.3 Å². The molecule has 7 heteroatoms. The summed E-state index contributed by atoms with van der Waals surface area (Å²) in [6.45, 7) is 0.680. The molecule has 2 amide bonds.